The third-order valence-corrected chi connectivity index (χ3v) is 5.79. The van der Waals surface area contributed by atoms with Gasteiger partial charge in [0.25, 0.3) is 5.91 Å². The molecular formula is C24H21N7O. The molecule has 158 valence electrons. The van der Waals surface area contributed by atoms with E-state index in [1.54, 1.807) is 30.6 Å². The molecule has 8 heteroatoms. The second kappa shape index (κ2) is 7.80. The summed E-state index contributed by atoms with van der Waals surface area (Å²) in [7, 11) is 0. The van der Waals surface area contributed by atoms with Crippen molar-refractivity contribution in [3.8, 4) is 28.6 Å². The monoisotopic (exact) mass is 423 g/mol. The van der Waals surface area contributed by atoms with Crippen LogP contribution in [0.15, 0.2) is 54.9 Å². The Morgan fingerprint density at radius 1 is 1.19 bits per heavy atom. The third-order valence-electron chi connectivity index (χ3n) is 5.79. The Morgan fingerprint density at radius 2 is 2.00 bits per heavy atom. The van der Waals surface area contributed by atoms with Gasteiger partial charge in [0.2, 0.25) is 0 Å². The maximum atomic E-state index is 11.9. The van der Waals surface area contributed by atoms with Gasteiger partial charge in [-0.25, -0.2) is 4.98 Å². The highest BCUT2D eigenvalue weighted by Crippen LogP contribution is 2.40. The molecule has 1 fully saturated rings. The number of imidazole rings is 1. The van der Waals surface area contributed by atoms with Crippen LogP contribution in [0, 0.1) is 11.3 Å². The first-order chi connectivity index (χ1) is 15.5. The molecule has 1 aliphatic heterocycles. The van der Waals surface area contributed by atoms with Gasteiger partial charge in [-0.15, -0.1) is 0 Å². The average molecular weight is 423 g/mol. The highest BCUT2D eigenvalue weighted by atomic mass is 16.1. The Hall–Kier alpha value is -4.22. The lowest BCUT2D eigenvalue weighted by Crippen LogP contribution is -2.27. The number of pyridine rings is 1. The number of nitrogens with zero attached hydrogens (tertiary/aromatic N) is 4. The van der Waals surface area contributed by atoms with Crippen LogP contribution in [-0.4, -0.2) is 40.0 Å². The summed E-state index contributed by atoms with van der Waals surface area (Å²) >= 11 is 0. The van der Waals surface area contributed by atoms with Crippen LogP contribution in [0.2, 0.25) is 0 Å². The number of fused-ring (bicyclic) bond motifs is 1. The van der Waals surface area contributed by atoms with Crippen molar-refractivity contribution < 1.29 is 4.79 Å². The number of hydrogen-bond acceptors (Lipinski definition) is 6. The Bertz CT molecular complexity index is 1380. The first-order valence-electron chi connectivity index (χ1n) is 10.3. The van der Waals surface area contributed by atoms with E-state index in [1.807, 2.05) is 24.3 Å². The molecule has 1 saturated heterocycles. The number of H-pyrrole nitrogens is 1. The zero-order valence-corrected chi connectivity index (χ0v) is 17.2. The minimum atomic E-state index is -0.528. The summed E-state index contributed by atoms with van der Waals surface area (Å²) in [5, 5.41) is 9.36. The topological polar surface area (TPSA) is 138 Å². The number of hydrogen-bond donors (Lipinski definition) is 3. The first kappa shape index (κ1) is 19.7. The van der Waals surface area contributed by atoms with Crippen LogP contribution < -0.4 is 16.4 Å². The first-order valence-corrected chi connectivity index (χ1v) is 10.3. The van der Waals surface area contributed by atoms with Crippen LogP contribution in [0.4, 0.5) is 5.69 Å². The van der Waals surface area contributed by atoms with E-state index < -0.39 is 5.91 Å². The fourth-order valence-electron chi connectivity index (χ4n) is 4.28. The van der Waals surface area contributed by atoms with Gasteiger partial charge in [0.05, 0.1) is 34.0 Å². The molecule has 5 N–H and O–H groups in total. The summed E-state index contributed by atoms with van der Waals surface area (Å²) in [6, 6.07) is 15.0. The molecule has 2 aromatic carbocycles. The normalized spacial score (nSPS) is 15.8. The van der Waals surface area contributed by atoms with Gasteiger partial charge in [-0.05, 0) is 36.2 Å². The zero-order valence-electron chi connectivity index (χ0n) is 17.2. The Morgan fingerprint density at radius 3 is 2.75 bits per heavy atom. The molecule has 1 atom stereocenters. The van der Waals surface area contributed by atoms with E-state index in [1.165, 1.54) is 0 Å². The molecule has 0 saturated carbocycles. The lowest BCUT2D eigenvalue weighted by Gasteiger charge is -2.24. The maximum Gasteiger partial charge on any atom is 0.250 e. The van der Waals surface area contributed by atoms with E-state index in [4.69, 9.17) is 16.5 Å². The van der Waals surface area contributed by atoms with Gasteiger partial charge in [-0.2, -0.15) is 5.26 Å². The molecule has 1 amide bonds. The number of carbonyl (C=O) groups is 1. The minimum Gasteiger partial charge on any atom is -0.369 e. The van der Waals surface area contributed by atoms with Gasteiger partial charge in [0, 0.05) is 37.1 Å². The van der Waals surface area contributed by atoms with Gasteiger partial charge >= 0.3 is 0 Å². The number of anilines is 1. The van der Waals surface area contributed by atoms with Crippen molar-refractivity contribution in [2.75, 3.05) is 18.0 Å². The predicted octanol–water partition coefficient (Wildman–Crippen LogP) is 2.80. The summed E-state index contributed by atoms with van der Waals surface area (Å²) in [6.07, 6.45) is 4.44. The van der Waals surface area contributed by atoms with Crippen molar-refractivity contribution in [2.24, 2.45) is 11.5 Å². The molecule has 3 heterocycles. The fourth-order valence-corrected chi connectivity index (χ4v) is 4.28. The standard InChI is InChI=1S/C24H21N7O/c25-10-14-3-1-4-15(9-14)18-11-28-12-19(22(18)31-8-7-16(26)13-31)24-29-20-6-2-5-17(23(27)32)21(20)30-24/h1-6,9,11-12,16H,7-8,13,26H2,(H2,27,32)(H,29,30)/t16-/m0/s1. The number of rotatable bonds is 4. The molecule has 2 aromatic heterocycles. The van der Waals surface area contributed by atoms with Crippen molar-refractivity contribution in [3.63, 3.8) is 0 Å². The van der Waals surface area contributed by atoms with Gasteiger partial charge in [-0.1, -0.05) is 18.2 Å². The van der Waals surface area contributed by atoms with Crippen LogP contribution in [0.1, 0.15) is 22.3 Å². The van der Waals surface area contributed by atoms with Crippen LogP contribution >= 0.6 is 0 Å². The second-order valence-electron chi connectivity index (χ2n) is 7.92. The quantitative estimate of drug-likeness (QED) is 0.461. The van der Waals surface area contributed by atoms with Crippen LogP contribution in [0.3, 0.4) is 0 Å². The highest BCUT2D eigenvalue weighted by Gasteiger charge is 2.26. The lowest BCUT2D eigenvalue weighted by atomic mass is 10.00. The Kier molecular flexibility index (Phi) is 4.81. The van der Waals surface area contributed by atoms with Crippen LogP contribution in [-0.2, 0) is 0 Å². The van der Waals surface area contributed by atoms with E-state index in [0.29, 0.717) is 29.0 Å². The number of para-hydroxylation sites is 1. The van der Waals surface area contributed by atoms with E-state index in [2.05, 4.69) is 20.9 Å². The van der Waals surface area contributed by atoms with E-state index in [-0.39, 0.29) is 6.04 Å². The number of nitriles is 1. The number of aromatic nitrogens is 3. The molecule has 8 nitrogen and oxygen atoms in total. The molecule has 1 aliphatic rings. The molecule has 5 rings (SSSR count). The van der Waals surface area contributed by atoms with E-state index >= 15 is 0 Å². The summed E-state index contributed by atoms with van der Waals surface area (Å²) in [5.41, 5.74) is 17.5. The minimum absolute atomic E-state index is 0.0754. The lowest BCUT2D eigenvalue weighted by molar-refractivity contribution is 0.100. The van der Waals surface area contributed by atoms with Gasteiger partial charge < -0.3 is 21.4 Å². The molecule has 0 aliphatic carbocycles. The van der Waals surface area contributed by atoms with Crippen LogP contribution in [0.25, 0.3) is 33.5 Å². The summed E-state index contributed by atoms with van der Waals surface area (Å²) in [6.45, 7) is 1.50. The third kappa shape index (κ3) is 3.35. The number of carbonyl (C=O) groups excluding carboxylic acids is 1. The van der Waals surface area contributed by atoms with Gasteiger partial charge in [0.15, 0.2) is 0 Å². The average Bonchev–Trinajstić information content (AvgIpc) is 3.44. The summed E-state index contributed by atoms with van der Waals surface area (Å²) in [4.78, 5) is 26.6. The fraction of sp³-hybridized carbons (Fsp3) is 0.167. The maximum absolute atomic E-state index is 11.9. The predicted molar refractivity (Wildman–Crippen MR) is 123 cm³/mol. The van der Waals surface area contributed by atoms with Crippen molar-refractivity contribution in [1.82, 2.24) is 15.0 Å². The summed E-state index contributed by atoms with van der Waals surface area (Å²) < 4.78 is 0. The molecule has 0 spiro atoms. The number of nitrogens with one attached hydrogen (secondary N) is 1. The summed E-state index contributed by atoms with van der Waals surface area (Å²) in [5.74, 6) is 0.0644. The number of nitrogens with two attached hydrogens (primary N) is 2. The second-order valence-corrected chi connectivity index (χ2v) is 7.92. The smallest absolute Gasteiger partial charge is 0.250 e. The van der Waals surface area contributed by atoms with Gasteiger partial charge in [-0.3, -0.25) is 9.78 Å². The number of primary amides is 1. The SMILES string of the molecule is N#Cc1cccc(-c2cncc(-c3nc4c(C(N)=O)cccc4[nH]3)c2N2CC[C@H](N)C2)c1. The zero-order chi connectivity index (χ0) is 22.2. The van der Waals surface area contributed by atoms with Crippen molar-refractivity contribution >= 4 is 22.6 Å². The molecule has 0 unspecified atom stereocenters. The van der Waals surface area contributed by atoms with Crippen molar-refractivity contribution in [3.05, 3.63) is 66.0 Å². The van der Waals surface area contributed by atoms with Gasteiger partial charge in [0.1, 0.15) is 11.3 Å². The number of aromatic amines is 1. The van der Waals surface area contributed by atoms with E-state index in [9.17, 15) is 10.1 Å². The van der Waals surface area contributed by atoms with E-state index in [0.717, 1.165) is 40.9 Å². The molecular weight excluding hydrogens is 402 g/mol. The van der Waals surface area contributed by atoms with Crippen LogP contribution in [0.5, 0.6) is 0 Å². The highest BCUT2D eigenvalue weighted by molar-refractivity contribution is 6.05. The Balaban J connectivity index is 1.74. The molecule has 0 radical (unpaired) electrons. The molecule has 32 heavy (non-hydrogen) atoms. The number of amides is 1. The van der Waals surface area contributed by atoms with Crippen molar-refractivity contribution in [2.45, 2.75) is 12.5 Å². The largest absolute Gasteiger partial charge is 0.369 e. The van der Waals surface area contributed by atoms with Crippen molar-refractivity contribution in [1.29, 1.82) is 5.26 Å². The molecule has 4 aromatic rings. The number of benzene rings is 2. The Labute approximate surface area is 184 Å². The molecule has 0 bridgehead atoms.